The van der Waals surface area contributed by atoms with E-state index in [1.807, 2.05) is 42.5 Å². The second kappa shape index (κ2) is 8.29. The molecule has 0 bridgehead atoms. The molecule has 2 N–H and O–H groups in total. The lowest BCUT2D eigenvalue weighted by molar-refractivity contribution is 0.0177. The Labute approximate surface area is 143 Å². The highest BCUT2D eigenvalue weighted by Gasteiger charge is 2.26. The van der Waals surface area contributed by atoms with Gasteiger partial charge in [0.15, 0.2) is 0 Å². The molecule has 2 atom stereocenters. The van der Waals surface area contributed by atoms with Crippen molar-refractivity contribution in [2.24, 2.45) is 0 Å². The van der Waals surface area contributed by atoms with Gasteiger partial charge < -0.3 is 14.9 Å². The summed E-state index contributed by atoms with van der Waals surface area (Å²) in [5.41, 5.74) is 1.25. The first kappa shape index (κ1) is 17.0. The largest absolute Gasteiger partial charge is 0.457 e. The summed E-state index contributed by atoms with van der Waals surface area (Å²) in [5, 5.41) is 19.2. The highest BCUT2D eigenvalue weighted by Crippen LogP contribution is 2.22. The fourth-order valence-electron chi connectivity index (χ4n) is 3.18. The molecule has 0 aliphatic carbocycles. The lowest BCUT2D eigenvalue weighted by Gasteiger charge is -2.36. The molecule has 1 fully saturated rings. The molecule has 24 heavy (non-hydrogen) atoms. The van der Waals surface area contributed by atoms with E-state index in [0.29, 0.717) is 6.42 Å². The van der Waals surface area contributed by atoms with E-state index in [4.69, 9.17) is 4.74 Å². The summed E-state index contributed by atoms with van der Waals surface area (Å²) in [5.74, 6) is 1.67. The number of likely N-dealkylation sites (tertiary alicyclic amines) is 1. The van der Waals surface area contributed by atoms with Gasteiger partial charge in [0.1, 0.15) is 11.5 Å². The Kier molecular flexibility index (Phi) is 5.86. The van der Waals surface area contributed by atoms with Crippen LogP contribution in [0.3, 0.4) is 0 Å². The average molecular weight is 327 g/mol. The zero-order valence-corrected chi connectivity index (χ0v) is 13.8. The van der Waals surface area contributed by atoms with E-state index in [9.17, 15) is 10.2 Å². The molecule has 2 aromatic rings. The van der Waals surface area contributed by atoms with Crippen LogP contribution in [0, 0.1) is 0 Å². The predicted octanol–water partition coefficient (Wildman–Crippen LogP) is 2.84. The van der Waals surface area contributed by atoms with Crippen molar-refractivity contribution in [2.45, 2.75) is 31.4 Å². The van der Waals surface area contributed by atoms with Crippen LogP contribution in [0.4, 0.5) is 0 Å². The highest BCUT2D eigenvalue weighted by atomic mass is 16.5. The third kappa shape index (κ3) is 4.57. The summed E-state index contributed by atoms with van der Waals surface area (Å²) >= 11 is 0. The minimum absolute atomic E-state index is 0.0782. The molecule has 4 nitrogen and oxygen atoms in total. The summed E-state index contributed by atoms with van der Waals surface area (Å²) < 4.78 is 5.80. The molecule has 1 heterocycles. The molecule has 0 spiro atoms. The maximum atomic E-state index is 9.71. The van der Waals surface area contributed by atoms with Gasteiger partial charge >= 0.3 is 0 Å². The smallest absolute Gasteiger partial charge is 0.127 e. The molecule has 1 aliphatic heterocycles. The van der Waals surface area contributed by atoms with Crippen molar-refractivity contribution in [2.75, 3.05) is 19.7 Å². The van der Waals surface area contributed by atoms with Gasteiger partial charge in [-0.2, -0.15) is 0 Å². The lowest BCUT2D eigenvalue weighted by Crippen LogP contribution is -2.47. The zero-order valence-electron chi connectivity index (χ0n) is 13.8. The molecule has 2 aromatic carbocycles. The highest BCUT2D eigenvalue weighted by molar-refractivity contribution is 5.33. The molecule has 128 valence electrons. The number of aliphatic hydroxyl groups excluding tert-OH is 2. The lowest BCUT2D eigenvalue weighted by atomic mass is 9.99. The van der Waals surface area contributed by atoms with Gasteiger partial charge in [-0.1, -0.05) is 30.3 Å². The first-order chi connectivity index (χ1) is 11.7. The molecule has 0 aromatic heterocycles. The van der Waals surface area contributed by atoms with E-state index in [1.54, 1.807) is 0 Å². The van der Waals surface area contributed by atoms with E-state index in [2.05, 4.69) is 17.0 Å². The van der Waals surface area contributed by atoms with Crippen LogP contribution < -0.4 is 4.74 Å². The number of benzene rings is 2. The van der Waals surface area contributed by atoms with Gasteiger partial charge in [0.25, 0.3) is 0 Å². The van der Waals surface area contributed by atoms with Gasteiger partial charge in [-0.15, -0.1) is 0 Å². The maximum Gasteiger partial charge on any atom is 0.127 e. The predicted molar refractivity (Wildman–Crippen MR) is 94.3 cm³/mol. The molecule has 1 saturated heterocycles. The van der Waals surface area contributed by atoms with E-state index < -0.39 is 0 Å². The van der Waals surface area contributed by atoms with Crippen molar-refractivity contribution in [3.8, 4) is 11.5 Å². The van der Waals surface area contributed by atoms with Gasteiger partial charge in [-0.25, -0.2) is 0 Å². The van der Waals surface area contributed by atoms with Crippen molar-refractivity contribution >= 4 is 0 Å². The number of nitrogens with zero attached hydrogens (tertiary/aromatic N) is 1. The van der Waals surface area contributed by atoms with Crippen molar-refractivity contribution in [1.29, 1.82) is 0 Å². The van der Waals surface area contributed by atoms with Crippen molar-refractivity contribution in [3.63, 3.8) is 0 Å². The molecule has 3 rings (SSSR count). The fraction of sp³-hybridized carbons (Fsp3) is 0.400. The molecular formula is C20H25NO3. The van der Waals surface area contributed by atoms with Crippen LogP contribution in [0.15, 0.2) is 54.6 Å². The number of rotatable bonds is 6. The first-order valence-electron chi connectivity index (χ1n) is 8.59. The van der Waals surface area contributed by atoms with Crippen molar-refractivity contribution in [1.82, 2.24) is 4.90 Å². The SMILES string of the molecule is OCC1CC(O)CCN1CCc1ccc(Oc2ccccc2)cc1. The molecule has 2 unspecified atom stereocenters. The molecule has 0 saturated carbocycles. The number of hydrogen-bond donors (Lipinski definition) is 2. The van der Waals surface area contributed by atoms with Gasteiger partial charge in [0.2, 0.25) is 0 Å². The standard InChI is InChI=1S/C20H25NO3/c22-15-17-14-18(23)11-13-21(17)12-10-16-6-8-20(9-7-16)24-19-4-2-1-3-5-19/h1-9,17-18,22-23H,10-15H2. The summed E-state index contributed by atoms with van der Waals surface area (Å²) in [6.07, 6.45) is 2.12. The summed E-state index contributed by atoms with van der Waals surface area (Å²) in [6.45, 7) is 1.86. The summed E-state index contributed by atoms with van der Waals surface area (Å²) in [4.78, 5) is 2.28. The van der Waals surface area contributed by atoms with E-state index in [1.165, 1.54) is 5.56 Å². The Morgan fingerprint density at radius 2 is 1.71 bits per heavy atom. The molecule has 4 heteroatoms. The number of aliphatic hydroxyl groups is 2. The third-order valence-corrected chi connectivity index (χ3v) is 4.61. The Morgan fingerprint density at radius 3 is 2.42 bits per heavy atom. The maximum absolute atomic E-state index is 9.71. The second-order valence-corrected chi connectivity index (χ2v) is 6.36. The Balaban J connectivity index is 1.52. The van der Waals surface area contributed by atoms with Crippen LogP contribution in [0.25, 0.3) is 0 Å². The van der Waals surface area contributed by atoms with Crippen molar-refractivity contribution in [3.05, 3.63) is 60.2 Å². The van der Waals surface area contributed by atoms with E-state index in [0.717, 1.165) is 37.4 Å². The van der Waals surface area contributed by atoms with Crippen molar-refractivity contribution < 1.29 is 14.9 Å². The first-order valence-corrected chi connectivity index (χ1v) is 8.59. The molecule has 0 radical (unpaired) electrons. The Hall–Kier alpha value is -1.88. The second-order valence-electron chi connectivity index (χ2n) is 6.36. The number of piperidine rings is 1. The van der Waals surface area contributed by atoms with Crippen LogP contribution in [0.5, 0.6) is 11.5 Å². The monoisotopic (exact) mass is 327 g/mol. The van der Waals surface area contributed by atoms with Gasteiger partial charge in [-0.05, 0) is 49.1 Å². The third-order valence-electron chi connectivity index (χ3n) is 4.61. The van der Waals surface area contributed by atoms with Crippen LogP contribution in [0.1, 0.15) is 18.4 Å². The van der Waals surface area contributed by atoms with Crippen LogP contribution in [0.2, 0.25) is 0 Å². The normalized spacial score (nSPS) is 21.6. The van der Waals surface area contributed by atoms with Crippen LogP contribution in [-0.4, -0.2) is 47.0 Å². The number of para-hydroxylation sites is 1. The number of ether oxygens (including phenoxy) is 1. The van der Waals surface area contributed by atoms with E-state index >= 15 is 0 Å². The minimum atomic E-state index is -0.271. The molecule has 0 amide bonds. The molecular weight excluding hydrogens is 302 g/mol. The summed E-state index contributed by atoms with van der Waals surface area (Å²) in [6, 6.07) is 18.0. The van der Waals surface area contributed by atoms with Gasteiger partial charge in [0, 0.05) is 19.1 Å². The van der Waals surface area contributed by atoms with Gasteiger partial charge in [0.05, 0.1) is 12.7 Å². The number of hydrogen-bond acceptors (Lipinski definition) is 4. The van der Waals surface area contributed by atoms with Crippen LogP contribution >= 0.6 is 0 Å². The van der Waals surface area contributed by atoms with Crippen LogP contribution in [-0.2, 0) is 6.42 Å². The topological polar surface area (TPSA) is 52.9 Å². The minimum Gasteiger partial charge on any atom is -0.457 e. The Bertz CT molecular complexity index is 615. The fourth-order valence-corrected chi connectivity index (χ4v) is 3.18. The summed E-state index contributed by atoms with van der Waals surface area (Å²) in [7, 11) is 0. The quantitative estimate of drug-likeness (QED) is 0.857. The van der Waals surface area contributed by atoms with Gasteiger partial charge in [-0.3, -0.25) is 4.90 Å². The van der Waals surface area contributed by atoms with E-state index in [-0.39, 0.29) is 18.8 Å². The molecule has 1 aliphatic rings. The zero-order chi connectivity index (χ0) is 16.8. The average Bonchev–Trinajstić information content (AvgIpc) is 2.62. The Morgan fingerprint density at radius 1 is 1.00 bits per heavy atom.